The Hall–Kier alpha value is -0.910. The summed E-state index contributed by atoms with van der Waals surface area (Å²) in [5.74, 6) is -0.0968. The summed E-state index contributed by atoms with van der Waals surface area (Å²) in [6, 6.07) is 9.37. The third-order valence-electron chi connectivity index (χ3n) is 2.73. The maximum atomic E-state index is 11.3. The van der Waals surface area contributed by atoms with Crippen LogP contribution in [0, 0.1) is 0 Å². The summed E-state index contributed by atoms with van der Waals surface area (Å²) in [5, 5.41) is 12.6. The molecule has 0 saturated carbocycles. The minimum Gasteiger partial charge on any atom is -0.390 e. The summed E-state index contributed by atoms with van der Waals surface area (Å²) < 4.78 is 22.5. The molecule has 88 valence electrons. The van der Waals surface area contributed by atoms with Crippen LogP contribution in [-0.2, 0) is 16.4 Å². The first-order chi connectivity index (χ1) is 7.57. The van der Waals surface area contributed by atoms with Crippen LogP contribution in [0.3, 0.4) is 0 Å². The van der Waals surface area contributed by atoms with Crippen LogP contribution < -0.4 is 5.32 Å². The molecule has 0 bridgehead atoms. The predicted octanol–water partition coefficient (Wildman–Crippen LogP) is -0.0659. The average Bonchev–Trinajstić information content (AvgIpc) is 2.50. The van der Waals surface area contributed by atoms with E-state index in [-0.39, 0.29) is 17.5 Å². The zero-order valence-electron chi connectivity index (χ0n) is 8.83. The molecule has 1 aliphatic heterocycles. The molecule has 5 heteroatoms. The van der Waals surface area contributed by atoms with Crippen molar-refractivity contribution in [1.29, 1.82) is 0 Å². The van der Waals surface area contributed by atoms with Gasteiger partial charge in [0.1, 0.15) is 0 Å². The van der Waals surface area contributed by atoms with Crippen molar-refractivity contribution in [2.24, 2.45) is 0 Å². The van der Waals surface area contributed by atoms with Crippen LogP contribution in [0.5, 0.6) is 0 Å². The van der Waals surface area contributed by atoms with Crippen molar-refractivity contribution in [2.75, 3.05) is 11.5 Å². The fourth-order valence-corrected chi connectivity index (χ4v) is 3.64. The first kappa shape index (κ1) is 11.6. The summed E-state index contributed by atoms with van der Waals surface area (Å²) in [6.45, 7) is 0.581. The summed E-state index contributed by atoms with van der Waals surface area (Å²) in [6.07, 6.45) is -0.784. The van der Waals surface area contributed by atoms with Crippen LogP contribution in [0.2, 0.25) is 0 Å². The van der Waals surface area contributed by atoms with Gasteiger partial charge in [-0.1, -0.05) is 30.3 Å². The number of rotatable bonds is 3. The van der Waals surface area contributed by atoms with Gasteiger partial charge in [0, 0.05) is 12.6 Å². The topological polar surface area (TPSA) is 66.4 Å². The third kappa shape index (κ3) is 2.81. The summed E-state index contributed by atoms with van der Waals surface area (Å²) in [4.78, 5) is 0. The van der Waals surface area contributed by atoms with Crippen molar-refractivity contribution >= 4 is 9.84 Å². The lowest BCUT2D eigenvalue weighted by Crippen LogP contribution is -2.38. The molecule has 0 aromatic heterocycles. The molecule has 1 saturated heterocycles. The van der Waals surface area contributed by atoms with Crippen molar-refractivity contribution in [3.63, 3.8) is 0 Å². The smallest absolute Gasteiger partial charge is 0.154 e. The van der Waals surface area contributed by atoms with Gasteiger partial charge < -0.3 is 10.4 Å². The second-order valence-corrected chi connectivity index (χ2v) is 6.27. The lowest BCUT2D eigenvalue weighted by Gasteiger charge is -2.14. The van der Waals surface area contributed by atoms with Crippen LogP contribution >= 0.6 is 0 Å². The van der Waals surface area contributed by atoms with Crippen molar-refractivity contribution in [3.8, 4) is 0 Å². The fraction of sp³-hybridized carbons (Fsp3) is 0.455. The van der Waals surface area contributed by atoms with Gasteiger partial charge in [-0.15, -0.1) is 0 Å². The largest absolute Gasteiger partial charge is 0.390 e. The van der Waals surface area contributed by atoms with Gasteiger partial charge in [0.15, 0.2) is 9.84 Å². The highest BCUT2D eigenvalue weighted by atomic mass is 32.2. The van der Waals surface area contributed by atoms with Crippen molar-refractivity contribution in [1.82, 2.24) is 5.32 Å². The number of nitrogens with one attached hydrogen (secondary N) is 1. The number of hydrogen-bond acceptors (Lipinski definition) is 4. The normalized spacial score (nSPS) is 28.1. The van der Waals surface area contributed by atoms with E-state index in [1.165, 1.54) is 0 Å². The SMILES string of the molecule is O=S1(=O)C[C@H](NCc2ccccc2)[C@@H](O)C1. The number of hydrogen-bond donors (Lipinski definition) is 2. The van der Waals surface area contributed by atoms with E-state index in [9.17, 15) is 13.5 Å². The summed E-state index contributed by atoms with van der Waals surface area (Å²) in [5.41, 5.74) is 1.08. The van der Waals surface area contributed by atoms with E-state index in [1.54, 1.807) is 0 Å². The monoisotopic (exact) mass is 241 g/mol. The Labute approximate surface area is 95.2 Å². The highest BCUT2D eigenvalue weighted by Crippen LogP contribution is 2.13. The van der Waals surface area contributed by atoms with E-state index >= 15 is 0 Å². The average molecular weight is 241 g/mol. The van der Waals surface area contributed by atoms with Gasteiger partial charge in [-0.2, -0.15) is 0 Å². The molecule has 0 aliphatic carbocycles. The molecule has 1 heterocycles. The zero-order valence-corrected chi connectivity index (χ0v) is 9.65. The van der Waals surface area contributed by atoms with Gasteiger partial charge in [0.25, 0.3) is 0 Å². The van der Waals surface area contributed by atoms with E-state index in [4.69, 9.17) is 0 Å². The summed E-state index contributed by atoms with van der Waals surface area (Å²) >= 11 is 0. The Morgan fingerprint density at radius 1 is 1.25 bits per heavy atom. The predicted molar refractivity (Wildman–Crippen MR) is 61.7 cm³/mol. The molecule has 0 spiro atoms. The Morgan fingerprint density at radius 3 is 2.50 bits per heavy atom. The van der Waals surface area contributed by atoms with E-state index < -0.39 is 15.9 Å². The van der Waals surface area contributed by atoms with Gasteiger partial charge in [0.05, 0.1) is 17.6 Å². The van der Waals surface area contributed by atoms with Crippen LogP contribution in [0.15, 0.2) is 30.3 Å². The van der Waals surface area contributed by atoms with Crippen LogP contribution in [-0.4, -0.2) is 37.2 Å². The first-order valence-electron chi connectivity index (χ1n) is 5.23. The standard InChI is InChI=1S/C11H15NO3S/c13-11-8-16(14,15)7-10(11)12-6-9-4-2-1-3-5-9/h1-5,10-13H,6-8H2/t10-,11-/m0/s1. The van der Waals surface area contributed by atoms with E-state index in [0.29, 0.717) is 6.54 Å². The quantitative estimate of drug-likeness (QED) is 0.777. The van der Waals surface area contributed by atoms with Gasteiger partial charge >= 0.3 is 0 Å². The second-order valence-electron chi connectivity index (χ2n) is 4.12. The van der Waals surface area contributed by atoms with Gasteiger partial charge in [-0.25, -0.2) is 8.42 Å². The highest BCUT2D eigenvalue weighted by molar-refractivity contribution is 7.91. The number of sulfone groups is 1. The minimum absolute atomic E-state index is 0.0288. The van der Waals surface area contributed by atoms with Crippen molar-refractivity contribution < 1.29 is 13.5 Å². The first-order valence-corrected chi connectivity index (χ1v) is 7.05. The number of benzene rings is 1. The third-order valence-corrected chi connectivity index (χ3v) is 4.45. The molecular formula is C11H15NO3S. The Morgan fingerprint density at radius 2 is 1.94 bits per heavy atom. The molecule has 16 heavy (non-hydrogen) atoms. The van der Waals surface area contributed by atoms with E-state index in [2.05, 4.69) is 5.32 Å². The van der Waals surface area contributed by atoms with Crippen molar-refractivity contribution in [2.45, 2.75) is 18.7 Å². The molecule has 1 aliphatic rings. The van der Waals surface area contributed by atoms with Crippen LogP contribution in [0.25, 0.3) is 0 Å². The molecule has 1 aromatic carbocycles. The van der Waals surface area contributed by atoms with E-state index in [0.717, 1.165) is 5.56 Å². The van der Waals surface area contributed by atoms with E-state index in [1.807, 2.05) is 30.3 Å². The van der Waals surface area contributed by atoms with Crippen LogP contribution in [0.4, 0.5) is 0 Å². The number of aliphatic hydroxyl groups is 1. The Kier molecular flexibility index (Phi) is 3.28. The Balaban J connectivity index is 1.92. The van der Waals surface area contributed by atoms with Crippen molar-refractivity contribution in [3.05, 3.63) is 35.9 Å². The highest BCUT2D eigenvalue weighted by Gasteiger charge is 2.35. The molecule has 4 nitrogen and oxygen atoms in total. The maximum absolute atomic E-state index is 11.3. The summed E-state index contributed by atoms with van der Waals surface area (Å²) in [7, 11) is -3.06. The number of aliphatic hydroxyl groups excluding tert-OH is 1. The fourth-order valence-electron chi connectivity index (χ4n) is 1.87. The molecule has 2 N–H and O–H groups in total. The molecular weight excluding hydrogens is 226 g/mol. The second kappa shape index (κ2) is 4.53. The Bertz CT molecular complexity index is 444. The minimum atomic E-state index is -3.06. The molecule has 0 unspecified atom stereocenters. The maximum Gasteiger partial charge on any atom is 0.154 e. The molecule has 1 aromatic rings. The molecule has 2 atom stereocenters. The molecule has 2 rings (SSSR count). The zero-order chi connectivity index (χ0) is 11.6. The molecule has 0 amide bonds. The lowest BCUT2D eigenvalue weighted by molar-refractivity contribution is 0.165. The lowest BCUT2D eigenvalue weighted by atomic mass is 10.2. The molecule has 0 radical (unpaired) electrons. The van der Waals surface area contributed by atoms with Crippen LogP contribution in [0.1, 0.15) is 5.56 Å². The van der Waals surface area contributed by atoms with Gasteiger partial charge in [-0.3, -0.25) is 0 Å². The van der Waals surface area contributed by atoms with Gasteiger partial charge in [0.2, 0.25) is 0 Å². The van der Waals surface area contributed by atoms with Gasteiger partial charge in [-0.05, 0) is 5.56 Å². The molecule has 1 fully saturated rings.